The van der Waals surface area contributed by atoms with Crippen LogP contribution in [0.5, 0.6) is 0 Å². The van der Waals surface area contributed by atoms with Crippen molar-refractivity contribution in [3.05, 3.63) is 68.2 Å². The number of hydrogen-bond donors (Lipinski definition) is 0. The van der Waals surface area contributed by atoms with E-state index in [1.165, 1.54) is 12.1 Å². The molecule has 3 rings (SSSR count). The number of benzene rings is 2. The van der Waals surface area contributed by atoms with Crippen LogP contribution >= 0.6 is 34.8 Å². The smallest absolute Gasteiger partial charge is 0.178 e. The first-order valence-corrected chi connectivity index (χ1v) is 6.96. The average Bonchev–Trinajstić information content (AvgIpc) is 2.64. The number of rotatable bonds is 1. The number of ketones is 2. The van der Waals surface area contributed by atoms with E-state index in [2.05, 4.69) is 0 Å². The molecule has 0 bridgehead atoms. The van der Waals surface area contributed by atoms with Gasteiger partial charge in [0.25, 0.3) is 0 Å². The van der Waals surface area contributed by atoms with Gasteiger partial charge in [0.15, 0.2) is 11.6 Å². The molecular weight excluding hydrogens is 319 g/mol. The lowest BCUT2D eigenvalue weighted by molar-refractivity contribution is 0.0890. The van der Waals surface area contributed by atoms with Crippen LogP contribution in [0.25, 0.3) is 0 Å². The Kier molecular flexibility index (Phi) is 3.33. The summed E-state index contributed by atoms with van der Waals surface area (Å²) in [6.07, 6.45) is 0. The van der Waals surface area contributed by atoms with Crippen LogP contribution < -0.4 is 0 Å². The lowest BCUT2D eigenvalue weighted by Gasteiger charge is -2.12. The van der Waals surface area contributed by atoms with Crippen molar-refractivity contribution in [1.29, 1.82) is 0 Å². The van der Waals surface area contributed by atoms with Crippen molar-refractivity contribution in [3.63, 3.8) is 0 Å². The molecule has 1 aliphatic rings. The summed E-state index contributed by atoms with van der Waals surface area (Å²) in [4.78, 5) is 24.9. The fourth-order valence-electron chi connectivity index (χ4n) is 2.43. The Morgan fingerprint density at radius 1 is 0.800 bits per heavy atom. The molecule has 0 unspecified atom stereocenters. The minimum atomic E-state index is -0.982. The topological polar surface area (TPSA) is 34.1 Å². The molecule has 0 N–H and O–H groups in total. The first-order chi connectivity index (χ1) is 9.50. The van der Waals surface area contributed by atoms with Crippen LogP contribution in [0.2, 0.25) is 15.1 Å². The standard InChI is InChI=1S/C15H7Cl3O2/c16-7-5-10(17)12(11(18)6-7)13-14(19)8-3-1-2-4-9(8)15(13)20/h1-6,13H. The van der Waals surface area contributed by atoms with Crippen LogP contribution in [0.4, 0.5) is 0 Å². The van der Waals surface area contributed by atoms with Gasteiger partial charge in [-0.05, 0) is 12.1 Å². The van der Waals surface area contributed by atoms with Gasteiger partial charge < -0.3 is 0 Å². The SMILES string of the molecule is O=C1c2ccccc2C(=O)C1c1c(Cl)cc(Cl)cc1Cl. The van der Waals surface area contributed by atoms with Gasteiger partial charge in [0.05, 0.1) is 0 Å². The van der Waals surface area contributed by atoms with E-state index >= 15 is 0 Å². The Labute approximate surface area is 130 Å². The Hall–Kier alpha value is -1.35. The molecule has 2 aromatic carbocycles. The van der Waals surface area contributed by atoms with E-state index in [1.54, 1.807) is 24.3 Å². The zero-order valence-electron chi connectivity index (χ0n) is 9.99. The minimum Gasteiger partial charge on any atom is -0.293 e. The summed E-state index contributed by atoms with van der Waals surface area (Å²) in [6.45, 7) is 0. The zero-order valence-corrected chi connectivity index (χ0v) is 12.3. The second-order valence-electron chi connectivity index (χ2n) is 4.49. The van der Waals surface area contributed by atoms with Crippen molar-refractivity contribution in [2.75, 3.05) is 0 Å². The number of carbonyl (C=O) groups excluding carboxylic acids is 2. The highest BCUT2D eigenvalue weighted by atomic mass is 35.5. The summed E-state index contributed by atoms with van der Waals surface area (Å²) in [5.41, 5.74) is 1.14. The van der Waals surface area contributed by atoms with Gasteiger partial charge >= 0.3 is 0 Å². The number of Topliss-reactive ketones (excluding diaryl/α,β-unsaturated/α-hetero) is 2. The van der Waals surface area contributed by atoms with Crippen molar-refractivity contribution in [2.24, 2.45) is 0 Å². The number of carbonyl (C=O) groups is 2. The van der Waals surface area contributed by atoms with Gasteiger partial charge in [0, 0.05) is 31.8 Å². The number of hydrogen-bond acceptors (Lipinski definition) is 2. The van der Waals surface area contributed by atoms with Gasteiger partial charge in [-0.15, -0.1) is 0 Å². The van der Waals surface area contributed by atoms with E-state index in [-0.39, 0.29) is 21.6 Å². The molecule has 20 heavy (non-hydrogen) atoms. The Morgan fingerprint density at radius 2 is 1.25 bits per heavy atom. The van der Waals surface area contributed by atoms with E-state index in [9.17, 15) is 9.59 Å². The van der Waals surface area contributed by atoms with E-state index in [0.717, 1.165) is 0 Å². The third-order valence-electron chi connectivity index (χ3n) is 3.31. The lowest BCUT2D eigenvalue weighted by Crippen LogP contribution is -2.14. The van der Waals surface area contributed by atoms with Gasteiger partial charge in [-0.1, -0.05) is 59.1 Å². The van der Waals surface area contributed by atoms with Crippen LogP contribution in [0, 0.1) is 0 Å². The van der Waals surface area contributed by atoms with Crippen LogP contribution in [0.3, 0.4) is 0 Å². The Morgan fingerprint density at radius 3 is 1.70 bits per heavy atom. The normalized spacial score (nSPS) is 14.8. The first-order valence-electron chi connectivity index (χ1n) is 5.82. The maximum Gasteiger partial charge on any atom is 0.178 e. The predicted molar refractivity (Wildman–Crippen MR) is 79.3 cm³/mol. The van der Waals surface area contributed by atoms with E-state index in [0.29, 0.717) is 21.7 Å². The largest absolute Gasteiger partial charge is 0.293 e. The molecule has 1 aliphatic carbocycles. The lowest BCUT2D eigenvalue weighted by atomic mass is 9.94. The number of halogens is 3. The minimum absolute atomic E-state index is 0.224. The molecule has 0 fully saturated rings. The molecule has 0 heterocycles. The zero-order chi connectivity index (χ0) is 14.4. The summed E-state index contributed by atoms with van der Waals surface area (Å²) in [7, 11) is 0. The summed E-state index contributed by atoms with van der Waals surface area (Å²) >= 11 is 18.1. The average molecular weight is 326 g/mol. The molecule has 5 heteroatoms. The van der Waals surface area contributed by atoms with Crippen molar-refractivity contribution < 1.29 is 9.59 Å². The van der Waals surface area contributed by atoms with Gasteiger partial charge in [-0.25, -0.2) is 0 Å². The Balaban J connectivity index is 2.19. The predicted octanol–water partition coefficient (Wildman–Crippen LogP) is 4.81. The van der Waals surface area contributed by atoms with E-state index < -0.39 is 5.92 Å². The third kappa shape index (κ3) is 1.96. The van der Waals surface area contributed by atoms with Crippen LogP contribution in [-0.2, 0) is 0 Å². The molecule has 0 aromatic heterocycles. The second kappa shape index (κ2) is 4.88. The highest BCUT2D eigenvalue weighted by Crippen LogP contribution is 2.41. The number of fused-ring (bicyclic) bond motifs is 1. The molecule has 0 aliphatic heterocycles. The fraction of sp³-hybridized carbons (Fsp3) is 0.0667. The van der Waals surface area contributed by atoms with Crippen molar-refractivity contribution in [3.8, 4) is 0 Å². The molecule has 0 saturated carbocycles. The molecule has 2 aromatic rings. The molecule has 0 atom stereocenters. The maximum absolute atomic E-state index is 12.4. The molecule has 0 radical (unpaired) electrons. The van der Waals surface area contributed by atoms with Crippen LogP contribution in [0.1, 0.15) is 32.2 Å². The molecule has 0 amide bonds. The van der Waals surface area contributed by atoms with E-state index in [4.69, 9.17) is 34.8 Å². The molecule has 100 valence electrons. The first kappa shape index (κ1) is 13.6. The quantitative estimate of drug-likeness (QED) is 0.705. The summed E-state index contributed by atoms with van der Waals surface area (Å²) in [6, 6.07) is 9.66. The Bertz CT molecular complexity index is 695. The van der Waals surface area contributed by atoms with Gasteiger partial charge in [0.1, 0.15) is 5.92 Å². The summed E-state index contributed by atoms with van der Waals surface area (Å²) < 4.78 is 0. The van der Waals surface area contributed by atoms with Gasteiger partial charge in [-0.2, -0.15) is 0 Å². The van der Waals surface area contributed by atoms with Crippen molar-refractivity contribution >= 4 is 46.4 Å². The molecule has 2 nitrogen and oxygen atoms in total. The fourth-order valence-corrected chi connectivity index (χ4v) is 3.47. The van der Waals surface area contributed by atoms with Gasteiger partial charge in [-0.3, -0.25) is 9.59 Å². The maximum atomic E-state index is 12.4. The summed E-state index contributed by atoms with van der Waals surface area (Å²) in [5, 5.41) is 0.808. The van der Waals surface area contributed by atoms with Gasteiger partial charge in [0.2, 0.25) is 0 Å². The highest BCUT2D eigenvalue weighted by Gasteiger charge is 2.41. The molecular formula is C15H7Cl3O2. The van der Waals surface area contributed by atoms with Crippen molar-refractivity contribution in [1.82, 2.24) is 0 Å². The van der Waals surface area contributed by atoms with Crippen molar-refractivity contribution in [2.45, 2.75) is 5.92 Å². The summed E-state index contributed by atoms with van der Waals surface area (Å²) in [5.74, 6) is -1.54. The molecule has 0 saturated heterocycles. The van der Waals surface area contributed by atoms with E-state index in [1.807, 2.05) is 0 Å². The van der Waals surface area contributed by atoms with Crippen LogP contribution in [-0.4, -0.2) is 11.6 Å². The molecule has 0 spiro atoms. The monoisotopic (exact) mass is 324 g/mol. The third-order valence-corrected chi connectivity index (χ3v) is 4.16. The highest BCUT2D eigenvalue weighted by molar-refractivity contribution is 6.41. The van der Waals surface area contributed by atoms with Crippen LogP contribution in [0.15, 0.2) is 36.4 Å². The second-order valence-corrected chi connectivity index (χ2v) is 5.74.